The van der Waals surface area contributed by atoms with Crippen molar-refractivity contribution < 1.29 is 4.79 Å². The Morgan fingerprint density at radius 3 is 2.52 bits per heavy atom. The maximum absolute atomic E-state index is 13.0. The van der Waals surface area contributed by atoms with Gasteiger partial charge in [0.25, 0.3) is 5.56 Å². The van der Waals surface area contributed by atoms with Gasteiger partial charge >= 0.3 is 0 Å². The summed E-state index contributed by atoms with van der Waals surface area (Å²) >= 11 is 2.92. The highest BCUT2D eigenvalue weighted by Gasteiger charge is 2.19. The van der Waals surface area contributed by atoms with Gasteiger partial charge in [-0.25, -0.2) is 9.97 Å². The lowest BCUT2D eigenvalue weighted by Crippen LogP contribution is -2.25. The fourth-order valence-electron chi connectivity index (χ4n) is 3.59. The highest BCUT2D eigenvalue weighted by atomic mass is 32.2. The lowest BCUT2D eigenvalue weighted by Gasteiger charge is -2.18. The van der Waals surface area contributed by atoms with E-state index in [-0.39, 0.29) is 17.5 Å². The number of benzene rings is 2. The number of aromatic nitrogens is 3. The summed E-state index contributed by atoms with van der Waals surface area (Å²) in [5.74, 6) is 0.465. The van der Waals surface area contributed by atoms with Crippen LogP contribution < -0.4 is 10.5 Å². The van der Waals surface area contributed by atoms with Crippen LogP contribution in [0.2, 0.25) is 0 Å². The van der Waals surface area contributed by atoms with Crippen molar-refractivity contribution in [2.45, 2.75) is 51.1 Å². The normalized spacial score (nSPS) is 11.3. The number of aryl methyl sites for hydroxylation is 1. The first kappa shape index (κ1) is 23.2. The van der Waals surface area contributed by atoms with Crippen molar-refractivity contribution in [3.05, 3.63) is 75.5 Å². The molecule has 6 nitrogen and oxygen atoms in total. The van der Waals surface area contributed by atoms with Crippen molar-refractivity contribution in [1.29, 1.82) is 0 Å². The molecule has 4 rings (SSSR count). The largest absolute Gasteiger partial charge is 0.285 e. The highest BCUT2D eigenvalue weighted by Crippen LogP contribution is 2.31. The maximum Gasteiger partial charge on any atom is 0.262 e. The number of hydrogen-bond donors (Lipinski definition) is 0. The summed E-state index contributed by atoms with van der Waals surface area (Å²) in [7, 11) is 0. The third-order valence-electron chi connectivity index (χ3n) is 5.29. The number of carbonyl (C=O) groups excluding carboxylic acids is 1. The zero-order valence-electron chi connectivity index (χ0n) is 19.1. The number of hydrogen-bond acceptors (Lipinski definition) is 6. The van der Waals surface area contributed by atoms with Gasteiger partial charge in [-0.1, -0.05) is 43.0 Å². The molecule has 0 aliphatic rings. The highest BCUT2D eigenvalue weighted by molar-refractivity contribution is 7.98. The molecular formula is C25H26N4O2S2. The van der Waals surface area contributed by atoms with E-state index in [1.807, 2.05) is 67.8 Å². The van der Waals surface area contributed by atoms with E-state index in [4.69, 9.17) is 9.97 Å². The first-order valence-corrected chi connectivity index (χ1v) is 12.7. The summed E-state index contributed by atoms with van der Waals surface area (Å²) in [6, 6.07) is 15.4. The summed E-state index contributed by atoms with van der Waals surface area (Å²) < 4.78 is 1.73. The second kappa shape index (κ2) is 9.89. The number of carbonyl (C=O) groups is 1. The number of thiazole rings is 1. The van der Waals surface area contributed by atoms with Gasteiger partial charge < -0.3 is 0 Å². The van der Waals surface area contributed by atoms with Crippen LogP contribution in [-0.2, 0) is 17.0 Å². The minimum atomic E-state index is -0.0855. The predicted octanol–water partition coefficient (Wildman–Crippen LogP) is 5.97. The second-order valence-electron chi connectivity index (χ2n) is 7.96. The van der Waals surface area contributed by atoms with Gasteiger partial charge in [0, 0.05) is 24.1 Å². The number of nitrogens with zero attached hydrogens (tertiary/aromatic N) is 4. The topological polar surface area (TPSA) is 68.1 Å². The SMILES string of the molecule is CCc1ccc(N(C(C)=O)c2nc(CSc3nc4ccccc4c(=O)n3C(C)C)cs2)cc1. The van der Waals surface area contributed by atoms with Gasteiger partial charge in [0.15, 0.2) is 10.3 Å². The molecule has 0 unspecified atom stereocenters. The van der Waals surface area contributed by atoms with Gasteiger partial charge in [0.05, 0.1) is 22.3 Å². The Hall–Kier alpha value is -2.97. The van der Waals surface area contributed by atoms with E-state index in [0.29, 0.717) is 26.9 Å². The number of rotatable bonds is 7. The van der Waals surface area contributed by atoms with Crippen LogP contribution in [0.25, 0.3) is 10.9 Å². The molecule has 0 atom stereocenters. The molecule has 2 heterocycles. The number of thioether (sulfide) groups is 1. The first-order chi connectivity index (χ1) is 15.9. The van der Waals surface area contributed by atoms with Crippen LogP contribution in [0.3, 0.4) is 0 Å². The molecular weight excluding hydrogens is 452 g/mol. The molecule has 2 aromatic carbocycles. The fraction of sp³-hybridized carbons (Fsp3) is 0.280. The van der Waals surface area contributed by atoms with E-state index in [1.54, 1.807) is 16.4 Å². The minimum Gasteiger partial charge on any atom is -0.285 e. The molecule has 33 heavy (non-hydrogen) atoms. The van der Waals surface area contributed by atoms with E-state index in [9.17, 15) is 9.59 Å². The molecule has 0 bridgehead atoms. The van der Waals surface area contributed by atoms with Crippen LogP contribution in [0, 0.1) is 0 Å². The second-order valence-corrected chi connectivity index (χ2v) is 9.74. The summed E-state index contributed by atoms with van der Waals surface area (Å²) in [5, 5.41) is 3.88. The van der Waals surface area contributed by atoms with Gasteiger partial charge in [0.2, 0.25) is 5.91 Å². The van der Waals surface area contributed by atoms with E-state index < -0.39 is 0 Å². The molecule has 0 aliphatic heterocycles. The van der Waals surface area contributed by atoms with Crippen LogP contribution in [-0.4, -0.2) is 20.4 Å². The molecule has 170 valence electrons. The Morgan fingerprint density at radius 2 is 1.85 bits per heavy atom. The van der Waals surface area contributed by atoms with Crippen molar-refractivity contribution in [2.24, 2.45) is 0 Å². The Morgan fingerprint density at radius 1 is 1.12 bits per heavy atom. The summed E-state index contributed by atoms with van der Waals surface area (Å²) in [6.45, 7) is 7.62. The van der Waals surface area contributed by atoms with E-state index >= 15 is 0 Å². The van der Waals surface area contributed by atoms with Gasteiger partial charge in [-0.05, 0) is 50.1 Å². The molecule has 0 N–H and O–H groups in total. The van der Waals surface area contributed by atoms with Crippen LogP contribution in [0.4, 0.5) is 10.8 Å². The Kier molecular flexibility index (Phi) is 6.95. The third-order valence-corrected chi connectivity index (χ3v) is 7.15. The monoisotopic (exact) mass is 478 g/mol. The van der Waals surface area contributed by atoms with Crippen molar-refractivity contribution in [3.63, 3.8) is 0 Å². The molecule has 8 heteroatoms. The van der Waals surface area contributed by atoms with Crippen LogP contribution >= 0.6 is 23.1 Å². The molecule has 0 saturated heterocycles. The standard InChI is InChI=1S/C25H26N4O2S2/c1-5-18-10-12-20(13-11-18)29(17(4)30)24-26-19(14-32-24)15-33-25-27-22-9-7-6-8-21(22)23(31)28(25)16(2)3/h6-14,16H,5,15H2,1-4H3. The molecule has 0 radical (unpaired) electrons. The summed E-state index contributed by atoms with van der Waals surface area (Å²) in [6.07, 6.45) is 0.948. The molecule has 2 aromatic heterocycles. The first-order valence-electron chi connectivity index (χ1n) is 10.9. The summed E-state index contributed by atoms with van der Waals surface area (Å²) in [4.78, 5) is 36.5. The average Bonchev–Trinajstić information content (AvgIpc) is 3.26. The minimum absolute atomic E-state index is 0.0117. The Balaban J connectivity index is 1.60. The molecule has 0 spiro atoms. The van der Waals surface area contributed by atoms with Gasteiger partial charge in [-0.15, -0.1) is 11.3 Å². The number of fused-ring (bicyclic) bond motifs is 1. The third kappa shape index (κ3) is 4.86. The van der Waals surface area contributed by atoms with Crippen molar-refractivity contribution in [1.82, 2.24) is 14.5 Å². The van der Waals surface area contributed by atoms with E-state index in [2.05, 4.69) is 6.92 Å². The number of anilines is 2. The van der Waals surface area contributed by atoms with Crippen LogP contribution in [0.15, 0.2) is 63.9 Å². The van der Waals surface area contributed by atoms with Crippen molar-refractivity contribution in [2.75, 3.05) is 4.90 Å². The molecule has 0 saturated carbocycles. The average molecular weight is 479 g/mol. The van der Waals surface area contributed by atoms with Gasteiger partial charge in [-0.3, -0.25) is 19.1 Å². The Bertz CT molecular complexity index is 1340. The molecule has 4 aromatic rings. The Labute approximate surface area is 201 Å². The van der Waals surface area contributed by atoms with Gasteiger partial charge in [-0.2, -0.15) is 0 Å². The van der Waals surface area contributed by atoms with E-state index in [1.165, 1.54) is 28.7 Å². The zero-order chi connectivity index (χ0) is 23.5. The zero-order valence-corrected chi connectivity index (χ0v) is 20.7. The molecule has 0 fully saturated rings. The van der Waals surface area contributed by atoms with E-state index in [0.717, 1.165) is 17.8 Å². The lowest BCUT2D eigenvalue weighted by molar-refractivity contribution is -0.115. The smallest absolute Gasteiger partial charge is 0.262 e. The van der Waals surface area contributed by atoms with Gasteiger partial charge in [0.1, 0.15) is 0 Å². The summed E-state index contributed by atoms with van der Waals surface area (Å²) in [5.41, 5.74) is 3.53. The number of amides is 1. The molecule has 0 aliphatic carbocycles. The van der Waals surface area contributed by atoms with Crippen LogP contribution in [0.1, 0.15) is 45.0 Å². The quantitative estimate of drug-likeness (QED) is 0.242. The maximum atomic E-state index is 13.0. The lowest BCUT2D eigenvalue weighted by atomic mass is 10.1. The van der Waals surface area contributed by atoms with Crippen LogP contribution in [0.5, 0.6) is 0 Å². The van der Waals surface area contributed by atoms with Crippen molar-refractivity contribution in [3.8, 4) is 0 Å². The fourth-order valence-corrected chi connectivity index (χ4v) is 5.61. The van der Waals surface area contributed by atoms with Crippen molar-refractivity contribution >= 4 is 50.7 Å². The molecule has 1 amide bonds. The number of para-hydroxylation sites is 1. The predicted molar refractivity (Wildman–Crippen MR) is 137 cm³/mol.